The molecular weight excluding hydrogens is 404 g/mol. The zero-order valence-electron chi connectivity index (χ0n) is 22.4. The molecule has 3 heteroatoms. The monoisotopic (exact) mass is 462 g/mol. The highest BCUT2D eigenvalue weighted by Gasteiger charge is 2.23. The molecule has 2 unspecified atom stereocenters. The molecule has 2 saturated heterocycles. The number of carbonyl (C=O) groups is 1. The molecule has 0 aromatic rings. The van der Waals surface area contributed by atoms with Gasteiger partial charge < -0.3 is 10.2 Å². The van der Waals surface area contributed by atoms with E-state index >= 15 is 0 Å². The van der Waals surface area contributed by atoms with Crippen molar-refractivity contribution in [3.8, 4) is 0 Å². The van der Waals surface area contributed by atoms with Gasteiger partial charge in [0.25, 0.3) is 0 Å². The number of hydrogen-bond donors (Lipinski definition) is 1. The fraction of sp³-hybridized carbons (Fsp3) is 0.967. The number of carbonyl (C=O) groups excluding carboxylic acids is 1. The van der Waals surface area contributed by atoms with Gasteiger partial charge in [0.2, 0.25) is 5.91 Å². The molecule has 0 aromatic carbocycles. The predicted octanol–water partition coefficient (Wildman–Crippen LogP) is 8.41. The molecule has 2 heterocycles. The van der Waals surface area contributed by atoms with E-state index in [4.69, 9.17) is 0 Å². The van der Waals surface area contributed by atoms with E-state index in [2.05, 4.69) is 10.2 Å². The van der Waals surface area contributed by atoms with Gasteiger partial charge in [-0.05, 0) is 38.1 Å². The average molecular weight is 463 g/mol. The van der Waals surface area contributed by atoms with E-state index in [0.29, 0.717) is 18.4 Å². The minimum absolute atomic E-state index is 0.353. The summed E-state index contributed by atoms with van der Waals surface area (Å²) in [6, 6.07) is 0.498. The second-order valence-electron chi connectivity index (χ2n) is 11.2. The molecule has 1 N–H and O–H groups in total. The van der Waals surface area contributed by atoms with E-state index in [9.17, 15) is 4.79 Å². The molecule has 2 rings (SSSR count). The first-order valence-electron chi connectivity index (χ1n) is 15.3. The number of nitrogens with one attached hydrogen (secondary N) is 1. The summed E-state index contributed by atoms with van der Waals surface area (Å²) in [6.07, 6.45) is 31.6. The minimum Gasteiger partial charge on any atom is -0.341 e. The van der Waals surface area contributed by atoms with E-state index in [-0.39, 0.29) is 0 Å². The van der Waals surface area contributed by atoms with Gasteiger partial charge in [0.05, 0.1) is 0 Å². The largest absolute Gasteiger partial charge is 0.341 e. The summed E-state index contributed by atoms with van der Waals surface area (Å²) in [5.74, 6) is 1.17. The lowest BCUT2D eigenvalue weighted by Crippen LogP contribution is -2.46. The van der Waals surface area contributed by atoms with Gasteiger partial charge in [0, 0.05) is 25.6 Å². The Morgan fingerprint density at radius 1 is 0.636 bits per heavy atom. The molecule has 0 spiro atoms. The van der Waals surface area contributed by atoms with Crippen LogP contribution in [0.25, 0.3) is 0 Å². The standard InChI is InChI=1S/C30H58N2O/c1-2-30(33)32-26-24-28-21-19-17-15-13-11-9-7-5-3-4-6-8-10-12-14-16-18-20-25-31-29(27-32)23-22-28/h28-29,31H,2-27H2,1H3. The summed E-state index contributed by atoms with van der Waals surface area (Å²) in [6.45, 7) is 5.06. The maximum Gasteiger partial charge on any atom is 0.222 e. The Morgan fingerprint density at radius 2 is 1.12 bits per heavy atom. The van der Waals surface area contributed by atoms with Gasteiger partial charge >= 0.3 is 0 Å². The van der Waals surface area contributed by atoms with Crippen LogP contribution in [0.15, 0.2) is 0 Å². The van der Waals surface area contributed by atoms with Gasteiger partial charge in [-0.3, -0.25) is 4.79 Å². The van der Waals surface area contributed by atoms with Crippen molar-refractivity contribution in [3.05, 3.63) is 0 Å². The summed E-state index contributed by atoms with van der Waals surface area (Å²) in [4.78, 5) is 14.7. The quantitative estimate of drug-likeness (QED) is 0.424. The first-order chi connectivity index (χ1) is 16.3. The van der Waals surface area contributed by atoms with E-state index in [1.165, 1.54) is 141 Å². The first-order valence-corrected chi connectivity index (χ1v) is 15.3. The highest BCUT2D eigenvalue weighted by molar-refractivity contribution is 5.75. The number of nitrogens with zero attached hydrogens (tertiary/aromatic N) is 1. The Hall–Kier alpha value is -0.570. The molecular formula is C30H58N2O. The number of rotatable bonds is 1. The second kappa shape index (κ2) is 19.7. The van der Waals surface area contributed by atoms with Gasteiger partial charge in [-0.2, -0.15) is 0 Å². The summed E-state index contributed by atoms with van der Waals surface area (Å²) in [5, 5.41) is 3.85. The third-order valence-electron chi connectivity index (χ3n) is 8.30. The lowest BCUT2D eigenvalue weighted by atomic mass is 9.89. The lowest BCUT2D eigenvalue weighted by Gasteiger charge is -2.33. The molecule has 0 aliphatic carbocycles. The summed E-state index contributed by atoms with van der Waals surface area (Å²) >= 11 is 0. The van der Waals surface area contributed by atoms with E-state index < -0.39 is 0 Å². The first kappa shape index (κ1) is 28.7. The molecule has 2 bridgehead atoms. The smallest absolute Gasteiger partial charge is 0.222 e. The fourth-order valence-electron chi connectivity index (χ4n) is 5.97. The molecule has 0 aromatic heterocycles. The summed E-state index contributed by atoms with van der Waals surface area (Å²) in [7, 11) is 0. The van der Waals surface area contributed by atoms with Crippen molar-refractivity contribution in [2.45, 2.75) is 161 Å². The molecule has 2 fully saturated rings. The van der Waals surface area contributed by atoms with Crippen molar-refractivity contribution in [3.63, 3.8) is 0 Å². The molecule has 0 saturated carbocycles. The van der Waals surface area contributed by atoms with Crippen LogP contribution in [0.4, 0.5) is 0 Å². The Labute approximate surface area is 207 Å². The molecule has 0 radical (unpaired) electrons. The van der Waals surface area contributed by atoms with Crippen molar-refractivity contribution >= 4 is 5.91 Å². The third-order valence-corrected chi connectivity index (χ3v) is 8.30. The zero-order chi connectivity index (χ0) is 23.4. The van der Waals surface area contributed by atoms with Crippen LogP contribution in [0, 0.1) is 5.92 Å². The third kappa shape index (κ3) is 14.4. The Kier molecular flexibility index (Phi) is 17.1. The normalized spacial score (nSPS) is 27.6. The van der Waals surface area contributed by atoms with E-state index in [0.717, 1.165) is 25.6 Å². The average Bonchev–Trinajstić information content (AvgIpc) is 2.81. The van der Waals surface area contributed by atoms with Crippen LogP contribution in [-0.2, 0) is 4.79 Å². The highest BCUT2D eigenvalue weighted by Crippen LogP contribution is 2.24. The fourth-order valence-corrected chi connectivity index (χ4v) is 5.97. The van der Waals surface area contributed by atoms with Crippen LogP contribution in [0.3, 0.4) is 0 Å². The minimum atomic E-state index is 0.353. The summed E-state index contributed by atoms with van der Waals surface area (Å²) < 4.78 is 0. The Bertz CT molecular complexity index is 466. The second-order valence-corrected chi connectivity index (χ2v) is 11.2. The SMILES string of the molecule is CCC(=O)N1CCC2CCCCCCCCCCCCCCCCCCCCNC(CC2)C1. The van der Waals surface area contributed by atoms with Crippen molar-refractivity contribution in [1.29, 1.82) is 0 Å². The summed E-state index contributed by atoms with van der Waals surface area (Å²) in [5.41, 5.74) is 0. The van der Waals surface area contributed by atoms with Crippen molar-refractivity contribution in [1.82, 2.24) is 10.2 Å². The molecule has 2 aliphatic rings. The number of amides is 1. The number of likely N-dealkylation sites (tertiary alicyclic amines) is 1. The van der Waals surface area contributed by atoms with Gasteiger partial charge in [0.1, 0.15) is 0 Å². The number of fused-ring (bicyclic) bond motifs is 3. The Balaban J connectivity index is 1.78. The van der Waals surface area contributed by atoms with Crippen LogP contribution >= 0.6 is 0 Å². The van der Waals surface area contributed by atoms with Crippen molar-refractivity contribution in [2.24, 2.45) is 5.92 Å². The van der Waals surface area contributed by atoms with Gasteiger partial charge in [-0.1, -0.05) is 122 Å². The molecule has 2 aliphatic heterocycles. The van der Waals surface area contributed by atoms with Crippen LogP contribution < -0.4 is 5.32 Å². The van der Waals surface area contributed by atoms with Crippen LogP contribution in [0.5, 0.6) is 0 Å². The van der Waals surface area contributed by atoms with Gasteiger partial charge in [-0.25, -0.2) is 0 Å². The zero-order valence-corrected chi connectivity index (χ0v) is 22.4. The lowest BCUT2D eigenvalue weighted by molar-refractivity contribution is -0.131. The maximum atomic E-state index is 12.5. The maximum absolute atomic E-state index is 12.5. The van der Waals surface area contributed by atoms with Crippen molar-refractivity contribution in [2.75, 3.05) is 19.6 Å². The highest BCUT2D eigenvalue weighted by atomic mass is 16.2. The number of hydrogen-bond acceptors (Lipinski definition) is 2. The predicted molar refractivity (Wildman–Crippen MR) is 144 cm³/mol. The molecule has 33 heavy (non-hydrogen) atoms. The molecule has 3 nitrogen and oxygen atoms in total. The van der Waals surface area contributed by atoms with Crippen LogP contribution in [0.1, 0.15) is 155 Å². The van der Waals surface area contributed by atoms with E-state index in [1.54, 1.807) is 0 Å². The van der Waals surface area contributed by atoms with Gasteiger partial charge in [0.15, 0.2) is 0 Å². The molecule has 2 atom stereocenters. The van der Waals surface area contributed by atoms with E-state index in [1.807, 2.05) is 6.92 Å². The van der Waals surface area contributed by atoms with Crippen LogP contribution in [0.2, 0.25) is 0 Å². The topological polar surface area (TPSA) is 32.3 Å². The molecule has 1 amide bonds. The van der Waals surface area contributed by atoms with Crippen LogP contribution in [-0.4, -0.2) is 36.5 Å². The molecule has 194 valence electrons. The van der Waals surface area contributed by atoms with Crippen molar-refractivity contribution < 1.29 is 4.79 Å². The van der Waals surface area contributed by atoms with Gasteiger partial charge in [-0.15, -0.1) is 0 Å². The Morgan fingerprint density at radius 3 is 1.64 bits per heavy atom.